The molecule has 1 fully saturated rings. The van der Waals surface area contributed by atoms with Gasteiger partial charge in [0.25, 0.3) is 11.1 Å². The molecule has 27 heavy (non-hydrogen) atoms. The highest BCUT2D eigenvalue weighted by molar-refractivity contribution is 8.18. The van der Waals surface area contributed by atoms with Gasteiger partial charge in [-0.1, -0.05) is 12.1 Å². The number of aryl methyl sites for hydroxylation is 2. The van der Waals surface area contributed by atoms with Gasteiger partial charge in [0.2, 0.25) is 0 Å². The lowest BCUT2D eigenvalue weighted by Crippen LogP contribution is -2.32. The Morgan fingerprint density at radius 2 is 2.07 bits per heavy atom. The smallest absolute Gasteiger partial charge is 0.293 e. The predicted molar refractivity (Wildman–Crippen MR) is 107 cm³/mol. The molecule has 0 spiro atoms. The van der Waals surface area contributed by atoms with E-state index in [1.807, 2.05) is 51.1 Å². The van der Waals surface area contributed by atoms with E-state index in [-0.39, 0.29) is 24.3 Å². The molecule has 140 valence electrons. The van der Waals surface area contributed by atoms with Crippen LogP contribution in [-0.2, 0) is 4.79 Å². The highest BCUT2D eigenvalue weighted by atomic mass is 32.2. The first-order valence-corrected chi connectivity index (χ1v) is 9.43. The van der Waals surface area contributed by atoms with Gasteiger partial charge in [-0.25, -0.2) is 0 Å². The minimum atomic E-state index is -0.290. The van der Waals surface area contributed by atoms with Gasteiger partial charge in [-0.3, -0.25) is 14.5 Å². The van der Waals surface area contributed by atoms with E-state index in [2.05, 4.69) is 0 Å². The largest absolute Gasteiger partial charge is 0.491 e. The molecular weight excluding hydrogens is 362 g/mol. The summed E-state index contributed by atoms with van der Waals surface area (Å²) in [4.78, 5) is 26.4. The van der Waals surface area contributed by atoms with E-state index in [4.69, 9.17) is 9.15 Å². The fraction of sp³-hybridized carbons (Fsp3) is 0.238. The van der Waals surface area contributed by atoms with Crippen molar-refractivity contribution in [2.45, 2.75) is 20.8 Å². The van der Waals surface area contributed by atoms with Crippen LogP contribution in [0.5, 0.6) is 5.75 Å². The quantitative estimate of drug-likeness (QED) is 0.660. The molecule has 0 aliphatic carbocycles. The Balaban J connectivity index is 1.62. The maximum atomic E-state index is 12.5. The van der Waals surface area contributed by atoms with Crippen LogP contribution in [0.2, 0.25) is 0 Å². The zero-order valence-corrected chi connectivity index (χ0v) is 16.3. The van der Waals surface area contributed by atoms with Crippen LogP contribution in [0.3, 0.4) is 0 Å². The van der Waals surface area contributed by atoms with Gasteiger partial charge < -0.3 is 9.15 Å². The van der Waals surface area contributed by atoms with Crippen molar-refractivity contribution in [2.75, 3.05) is 13.2 Å². The lowest BCUT2D eigenvalue weighted by molar-refractivity contribution is -0.123. The lowest BCUT2D eigenvalue weighted by Gasteiger charge is -2.14. The van der Waals surface area contributed by atoms with Crippen molar-refractivity contribution in [1.29, 1.82) is 0 Å². The Morgan fingerprint density at radius 1 is 1.26 bits per heavy atom. The van der Waals surface area contributed by atoms with E-state index in [0.717, 1.165) is 34.2 Å². The highest BCUT2D eigenvalue weighted by Crippen LogP contribution is 2.31. The van der Waals surface area contributed by atoms with Gasteiger partial charge in [0.05, 0.1) is 17.7 Å². The van der Waals surface area contributed by atoms with Crippen molar-refractivity contribution in [1.82, 2.24) is 4.90 Å². The number of allylic oxidation sites excluding steroid dienone is 2. The number of hydrogen-bond donors (Lipinski definition) is 0. The van der Waals surface area contributed by atoms with Crippen molar-refractivity contribution in [3.63, 3.8) is 0 Å². The summed E-state index contributed by atoms with van der Waals surface area (Å²) in [5.74, 6) is 1.18. The van der Waals surface area contributed by atoms with Crippen molar-refractivity contribution in [2.24, 2.45) is 0 Å². The first-order valence-electron chi connectivity index (χ1n) is 8.61. The molecule has 6 heteroatoms. The van der Waals surface area contributed by atoms with E-state index >= 15 is 0 Å². The molecule has 5 nitrogen and oxygen atoms in total. The molecule has 1 aromatic carbocycles. The molecule has 3 rings (SSSR count). The fourth-order valence-electron chi connectivity index (χ4n) is 2.65. The van der Waals surface area contributed by atoms with Gasteiger partial charge in [0.1, 0.15) is 18.1 Å². The summed E-state index contributed by atoms with van der Waals surface area (Å²) in [6.45, 7) is 6.30. The summed E-state index contributed by atoms with van der Waals surface area (Å²) in [7, 11) is 0. The molecular formula is C21H21NO4S. The fourth-order valence-corrected chi connectivity index (χ4v) is 3.56. The van der Waals surface area contributed by atoms with E-state index in [0.29, 0.717) is 10.7 Å². The maximum absolute atomic E-state index is 12.5. The number of carbonyl (C=O) groups excluding carboxylic acids is 2. The molecule has 1 aliphatic heterocycles. The third-order valence-electron chi connectivity index (χ3n) is 4.06. The minimum Gasteiger partial charge on any atom is -0.491 e. The lowest BCUT2D eigenvalue weighted by atomic mass is 10.1. The Bertz CT molecular complexity index is 912. The summed E-state index contributed by atoms with van der Waals surface area (Å²) in [6, 6.07) is 9.58. The molecule has 1 saturated heterocycles. The van der Waals surface area contributed by atoms with Crippen LogP contribution in [0.4, 0.5) is 4.79 Å². The van der Waals surface area contributed by atoms with Crippen LogP contribution < -0.4 is 4.74 Å². The number of thioether (sulfide) groups is 1. The number of ether oxygens (including phenoxy) is 1. The second-order valence-corrected chi connectivity index (χ2v) is 7.35. The number of benzene rings is 1. The van der Waals surface area contributed by atoms with Crippen molar-refractivity contribution in [3.8, 4) is 5.75 Å². The van der Waals surface area contributed by atoms with Gasteiger partial charge in [-0.05, 0) is 79.6 Å². The number of furan rings is 1. The van der Waals surface area contributed by atoms with Gasteiger partial charge in [0.15, 0.2) is 0 Å². The molecule has 0 radical (unpaired) electrons. The number of carbonyl (C=O) groups is 2. The van der Waals surface area contributed by atoms with Crippen LogP contribution >= 0.6 is 11.8 Å². The monoisotopic (exact) mass is 383 g/mol. The van der Waals surface area contributed by atoms with Crippen LogP contribution in [0.25, 0.3) is 6.08 Å². The molecule has 1 aliphatic rings. The summed E-state index contributed by atoms with van der Waals surface area (Å²) < 4.78 is 11.0. The second-order valence-electron chi connectivity index (χ2n) is 6.35. The number of rotatable bonds is 6. The highest BCUT2D eigenvalue weighted by Gasteiger charge is 2.34. The van der Waals surface area contributed by atoms with Crippen LogP contribution in [0.1, 0.15) is 23.8 Å². The number of amides is 2. The van der Waals surface area contributed by atoms with Crippen LogP contribution in [0, 0.1) is 13.8 Å². The van der Waals surface area contributed by atoms with E-state index in [9.17, 15) is 9.59 Å². The zero-order valence-electron chi connectivity index (χ0n) is 15.5. The van der Waals surface area contributed by atoms with Crippen molar-refractivity contribution < 1.29 is 18.7 Å². The summed E-state index contributed by atoms with van der Waals surface area (Å²) in [6.07, 6.45) is 5.11. The van der Waals surface area contributed by atoms with E-state index < -0.39 is 0 Å². The predicted octanol–water partition coefficient (Wildman–Crippen LogP) is 4.96. The molecule has 0 atom stereocenters. The molecule has 2 aromatic rings. The van der Waals surface area contributed by atoms with Crippen LogP contribution in [-0.4, -0.2) is 29.2 Å². The Kier molecular flexibility index (Phi) is 5.86. The summed E-state index contributed by atoms with van der Waals surface area (Å²) >= 11 is 0.946. The van der Waals surface area contributed by atoms with Crippen LogP contribution in [0.15, 0.2) is 57.6 Å². The molecule has 0 saturated carbocycles. The maximum Gasteiger partial charge on any atom is 0.293 e. The molecule has 0 bridgehead atoms. The Hall–Kier alpha value is -2.73. The van der Waals surface area contributed by atoms with Gasteiger partial charge in [-0.2, -0.15) is 0 Å². The minimum absolute atomic E-state index is 0.219. The molecule has 1 aromatic heterocycles. The van der Waals surface area contributed by atoms with E-state index in [1.165, 1.54) is 4.90 Å². The Labute approximate surface area is 162 Å². The first kappa shape index (κ1) is 19.0. The topological polar surface area (TPSA) is 59.8 Å². The number of nitrogens with zero attached hydrogens (tertiary/aromatic N) is 1. The SMILES string of the molecule is CC(/C=C1\SC(=O)N(CCOc2cc(C)ccc2C)C1=O)=C\c1ccco1. The summed E-state index contributed by atoms with van der Waals surface area (Å²) in [5.41, 5.74) is 2.96. The molecule has 0 unspecified atom stereocenters. The first-order chi connectivity index (χ1) is 12.9. The zero-order chi connectivity index (χ0) is 19.4. The number of imide groups is 1. The van der Waals surface area contributed by atoms with Gasteiger partial charge in [-0.15, -0.1) is 0 Å². The molecule has 2 heterocycles. The molecule has 2 amide bonds. The average molecular weight is 383 g/mol. The standard InChI is InChI=1S/C21H21NO4S/c1-14-6-7-16(3)18(12-14)26-10-8-22-20(23)19(27-21(22)24)13-15(2)11-17-5-4-9-25-17/h4-7,9,11-13H,8,10H2,1-3H3/b15-11+,19-13-. The van der Waals surface area contributed by atoms with Crippen molar-refractivity contribution >= 4 is 29.0 Å². The normalized spacial score (nSPS) is 16.5. The average Bonchev–Trinajstić information content (AvgIpc) is 3.21. The third-order valence-corrected chi connectivity index (χ3v) is 4.97. The Morgan fingerprint density at radius 3 is 2.81 bits per heavy atom. The summed E-state index contributed by atoms with van der Waals surface area (Å²) in [5, 5.41) is -0.276. The number of hydrogen-bond acceptors (Lipinski definition) is 5. The van der Waals surface area contributed by atoms with E-state index in [1.54, 1.807) is 18.4 Å². The second kappa shape index (κ2) is 8.31. The van der Waals surface area contributed by atoms with Gasteiger partial charge in [0, 0.05) is 0 Å². The van der Waals surface area contributed by atoms with Crippen molar-refractivity contribution in [3.05, 3.63) is 70.0 Å². The molecule has 0 N–H and O–H groups in total. The van der Waals surface area contributed by atoms with Gasteiger partial charge >= 0.3 is 0 Å². The third kappa shape index (κ3) is 4.71.